The molecule has 0 heterocycles. The van der Waals surface area contributed by atoms with E-state index in [0.717, 1.165) is 12.8 Å². The van der Waals surface area contributed by atoms with Gasteiger partial charge in [0, 0.05) is 12.0 Å². The Morgan fingerprint density at radius 3 is 2.44 bits per heavy atom. The summed E-state index contributed by atoms with van der Waals surface area (Å²) in [6.07, 6.45) is 2.05. The molecule has 1 N–H and O–H groups in total. The fourth-order valence-electron chi connectivity index (χ4n) is 1.03. The van der Waals surface area contributed by atoms with Crippen LogP contribution in [0.25, 0.3) is 0 Å². The minimum Gasteiger partial charge on any atom is -0.396 e. The van der Waals surface area contributed by atoms with Crippen molar-refractivity contribution in [1.82, 2.24) is 0 Å². The Balaban J connectivity index is 2.51. The maximum absolute atomic E-state index is 8.81. The molecule has 1 aliphatic carbocycles. The van der Waals surface area contributed by atoms with Crippen LogP contribution in [-0.2, 0) is 0 Å². The van der Waals surface area contributed by atoms with Crippen LogP contribution in [-0.4, -0.2) is 11.7 Å². The molecule has 0 amide bonds. The van der Waals surface area contributed by atoms with E-state index >= 15 is 0 Å². The molecule has 1 rings (SSSR count). The summed E-state index contributed by atoms with van der Waals surface area (Å²) in [6, 6.07) is 2.16. The van der Waals surface area contributed by atoms with Gasteiger partial charge in [-0.05, 0) is 19.8 Å². The van der Waals surface area contributed by atoms with E-state index in [2.05, 4.69) is 6.07 Å². The summed E-state index contributed by atoms with van der Waals surface area (Å²) in [6.45, 7) is 2.06. The monoisotopic (exact) mass is 125 g/mol. The molecule has 0 bridgehead atoms. The van der Waals surface area contributed by atoms with Gasteiger partial charge < -0.3 is 5.11 Å². The molecule has 50 valence electrons. The van der Waals surface area contributed by atoms with E-state index in [0.29, 0.717) is 0 Å². The van der Waals surface area contributed by atoms with Gasteiger partial charge in [0.2, 0.25) is 0 Å². The average Bonchev–Trinajstić information content (AvgIpc) is 2.66. The van der Waals surface area contributed by atoms with Crippen molar-refractivity contribution in [3.8, 4) is 6.07 Å². The van der Waals surface area contributed by atoms with E-state index < -0.39 is 0 Å². The van der Waals surface area contributed by atoms with Crippen LogP contribution in [0.1, 0.15) is 19.8 Å². The van der Waals surface area contributed by atoms with Gasteiger partial charge in [-0.1, -0.05) is 0 Å². The molecule has 0 radical (unpaired) electrons. The fraction of sp³-hybridized carbons (Fsp3) is 0.857. The van der Waals surface area contributed by atoms with Gasteiger partial charge >= 0.3 is 0 Å². The summed E-state index contributed by atoms with van der Waals surface area (Å²) in [5, 5.41) is 17.3. The third kappa shape index (κ3) is 0.927. The van der Waals surface area contributed by atoms with E-state index in [4.69, 9.17) is 10.4 Å². The number of aliphatic hydroxyl groups is 1. The zero-order valence-corrected chi connectivity index (χ0v) is 5.59. The number of hydrogen-bond donors (Lipinski definition) is 1. The minimum atomic E-state index is -0.00521. The van der Waals surface area contributed by atoms with Crippen LogP contribution in [0, 0.1) is 22.7 Å². The Kier molecular flexibility index (Phi) is 1.46. The zero-order chi connectivity index (χ0) is 6.91. The van der Waals surface area contributed by atoms with Crippen molar-refractivity contribution in [2.24, 2.45) is 11.3 Å². The Bertz CT molecular complexity index is 143. The maximum atomic E-state index is 8.81. The summed E-state index contributed by atoms with van der Waals surface area (Å²) in [4.78, 5) is 0. The molecular formula is C7H11NO. The lowest BCUT2D eigenvalue weighted by atomic mass is 9.93. The SMILES string of the molecule is C[C@H](C#N)C1(CO)CC1. The van der Waals surface area contributed by atoms with Crippen LogP contribution in [0.2, 0.25) is 0 Å². The predicted molar refractivity (Wildman–Crippen MR) is 33.5 cm³/mol. The fourth-order valence-corrected chi connectivity index (χ4v) is 1.03. The molecule has 0 aromatic heterocycles. The quantitative estimate of drug-likeness (QED) is 0.596. The molecule has 1 aliphatic rings. The van der Waals surface area contributed by atoms with Gasteiger partial charge in [0.25, 0.3) is 0 Å². The third-order valence-corrected chi connectivity index (χ3v) is 2.32. The van der Waals surface area contributed by atoms with E-state index in [1.165, 1.54) is 0 Å². The second-order valence-corrected chi connectivity index (χ2v) is 2.87. The highest BCUT2D eigenvalue weighted by Crippen LogP contribution is 2.51. The molecule has 1 fully saturated rings. The molecule has 0 unspecified atom stereocenters. The smallest absolute Gasteiger partial charge is 0.0659 e. The first-order valence-electron chi connectivity index (χ1n) is 3.26. The first-order valence-corrected chi connectivity index (χ1v) is 3.26. The van der Waals surface area contributed by atoms with Crippen LogP contribution >= 0.6 is 0 Å². The molecule has 1 saturated carbocycles. The topological polar surface area (TPSA) is 44.0 Å². The number of nitriles is 1. The Hall–Kier alpha value is -0.550. The maximum Gasteiger partial charge on any atom is 0.0659 e. The molecule has 1 atom stereocenters. The Morgan fingerprint density at radius 2 is 2.33 bits per heavy atom. The number of aliphatic hydroxyl groups excluding tert-OH is 1. The molecule has 0 aromatic rings. The highest BCUT2D eigenvalue weighted by atomic mass is 16.3. The number of hydrogen-bond acceptors (Lipinski definition) is 2. The molecule has 0 saturated heterocycles. The van der Waals surface area contributed by atoms with Gasteiger partial charge in [-0.25, -0.2) is 0 Å². The lowest BCUT2D eigenvalue weighted by molar-refractivity contribution is 0.185. The van der Waals surface area contributed by atoms with Gasteiger partial charge in [0.05, 0.1) is 12.0 Å². The van der Waals surface area contributed by atoms with E-state index in [9.17, 15) is 0 Å². The molecule has 2 nitrogen and oxygen atoms in total. The lowest BCUT2D eigenvalue weighted by Crippen LogP contribution is -2.15. The van der Waals surface area contributed by atoms with E-state index in [1.807, 2.05) is 6.92 Å². The van der Waals surface area contributed by atoms with Crippen molar-refractivity contribution in [3.05, 3.63) is 0 Å². The number of rotatable bonds is 2. The van der Waals surface area contributed by atoms with Crippen molar-refractivity contribution < 1.29 is 5.11 Å². The third-order valence-electron chi connectivity index (χ3n) is 2.32. The van der Waals surface area contributed by atoms with Crippen molar-refractivity contribution in [3.63, 3.8) is 0 Å². The summed E-state index contributed by atoms with van der Waals surface area (Å²) < 4.78 is 0. The highest BCUT2D eigenvalue weighted by molar-refractivity contribution is 5.04. The van der Waals surface area contributed by atoms with Crippen molar-refractivity contribution in [2.75, 3.05) is 6.61 Å². The van der Waals surface area contributed by atoms with E-state index in [-0.39, 0.29) is 17.9 Å². The minimum absolute atomic E-state index is 0.00521. The van der Waals surface area contributed by atoms with Crippen molar-refractivity contribution in [2.45, 2.75) is 19.8 Å². The predicted octanol–water partition coefficient (Wildman–Crippen LogP) is 0.919. The molecule has 9 heavy (non-hydrogen) atoms. The molecule has 2 heteroatoms. The van der Waals surface area contributed by atoms with Crippen LogP contribution in [0.5, 0.6) is 0 Å². The van der Waals surface area contributed by atoms with Crippen LogP contribution < -0.4 is 0 Å². The van der Waals surface area contributed by atoms with Gasteiger partial charge in [-0.2, -0.15) is 5.26 Å². The lowest BCUT2D eigenvalue weighted by Gasteiger charge is -2.12. The average molecular weight is 125 g/mol. The largest absolute Gasteiger partial charge is 0.396 e. The van der Waals surface area contributed by atoms with Gasteiger partial charge in [-0.15, -0.1) is 0 Å². The zero-order valence-electron chi connectivity index (χ0n) is 5.59. The summed E-state index contributed by atoms with van der Waals surface area (Å²) >= 11 is 0. The van der Waals surface area contributed by atoms with Crippen LogP contribution in [0.4, 0.5) is 0 Å². The summed E-state index contributed by atoms with van der Waals surface area (Å²) in [7, 11) is 0. The summed E-state index contributed by atoms with van der Waals surface area (Å²) in [5.41, 5.74) is -0.00521. The van der Waals surface area contributed by atoms with Gasteiger partial charge in [0.1, 0.15) is 0 Å². The molecule has 0 aromatic carbocycles. The number of nitrogens with zero attached hydrogens (tertiary/aromatic N) is 1. The second-order valence-electron chi connectivity index (χ2n) is 2.87. The first-order chi connectivity index (χ1) is 4.25. The summed E-state index contributed by atoms with van der Waals surface area (Å²) in [5.74, 6) is 0.0301. The highest BCUT2D eigenvalue weighted by Gasteiger charge is 2.46. The second kappa shape index (κ2) is 2.00. The standard InChI is InChI=1S/C7H11NO/c1-6(4-8)7(5-9)2-3-7/h6,9H,2-3,5H2,1H3/t6-/m1/s1. The van der Waals surface area contributed by atoms with Crippen molar-refractivity contribution >= 4 is 0 Å². The normalized spacial score (nSPS) is 24.6. The van der Waals surface area contributed by atoms with E-state index in [1.54, 1.807) is 0 Å². The molecular weight excluding hydrogens is 114 g/mol. The Labute approximate surface area is 55.1 Å². The first kappa shape index (κ1) is 6.57. The van der Waals surface area contributed by atoms with Crippen LogP contribution in [0.15, 0.2) is 0 Å². The Morgan fingerprint density at radius 1 is 1.78 bits per heavy atom. The molecule has 0 spiro atoms. The van der Waals surface area contributed by atoms with Crippen LogP contribution in [0.3, 0.4) is 0 Å². The van der Waals surface area contributed by atoms with Gasteiger partial charge in [0.15, 0.2) is 0 Å². The van der Waals surface area contributed by atoms with Gasteiger partial charge in [-0.3, -0.25) is 0 Å². The van der Waals surface area contributed by atoms with Crippen molar-refractivity contribution in [1.29, 1.82) is 5.26 Å². The molecule has 0 aliphatic heterocycles.